The van der Waals surface area contributed by atoms with E-state index >= 15 is 0 Å². The minimum absolute atomic E-state index is 0.167. The molecule has 1 aromatic carbocycles. The molecule has 1 atom stereocenters. The van der Waals surface area contributed by atoms with E-state index in [0.717, 1.165) is 11.3 Å². The Kier molecular flexibility index (Phi) is 4.84. The number of hydrogen-bond donors (Lipinski definition) is 1. The molecule has 1 fully saturated rings. The van der Waals surface area contributed by atoms with E-state index in [1.807, 2.05) is 12.1 Å². The van der Waals surface area contributed by atoms with Gasteiger partial charge in [-0.15, -0.1) is 0 Å². The Hall–Kier alpha value is -1.60. The fourth-order valence-electron chi connectivity index (χ4n) is 2.52. The monoisotopic (exact) mass is 301 g/mol. The Bertz CT molecular complexity index is 475. The number of anilines is 1. The van der Waals surface area contributed by atoms with Crippen molar-refractivity contribution in [3.05, 3.63) is 29.8 Å². The Morgan fingerprint density at radius 2 is 1.90 bits per heavy atom. The van der Waals surface area contributed by atoms with Crippen molar-refractivity contribution in [1.82, 2.24) is 4.90 Å². The van der Waals surface area contributed by atoms with Crippen LogP contribution in [0, 0.1) is 0 Å². The molecule has 0 aliphatic carbocycles. The first-order valence-corrected chi connectivity index (χ1v) is 6.74. The molecule has 0 saturated carbocycles. The number of piperazine rings is 1. The Morgan fingerprint density at radius 3 is 2.43 bits per heavy atom. The SMILES string of the molecule is NCc1ccc(N2CCN(CC=O)C(C(F)(F)F)C2)cc1. The van der Waals surface area contributed by atoms with Crippen LogP contribution in [0.1, 0.15) is 5.56 Å². The second-order valence-corrected chi connectivity index (χ2v) is 5.04. The molecule has 0 spiro atoms. The molecule has 4 nitrogen and oxygen atoms in total. The van der Waals surface area contributed by atoms with Gasteiger partial charge in [0.15, 0.2) is 0 Å². The van der Waals surface area contributed by atoms with Gasteiger partial charge in [0.2, 0.25) is 0 Å². The summed E-state index contributed by atoms with van der Waals surface area (Å²) in [6.07, 6.45) is -3.83. The highest BCUT2D eigenvalue weighted by Crippen LogP contribution is 2.29. The van der Waals surface area contributed by atoms with Crippen molar-refractivity contribution in [2.75, 3.05) is 31.1 Å². The predicted molar refractivity (Wildman–Crippen MR) is 74.0 cm³/mol. The Balaban J connectivity index is 2.14. The van der Waals surface area contributed by atoms with Gasteiger partial charge in [-0.05, 0) is 17.7 Å². The van der Waals surface area contributed by atoms with Crippen LogP contribution in [-0.4, -0.2) is 49.6 Å². The molecular formula is C14H18F3N3O. The van der Waals surface area contributed by atoms with Crippen LogP contribution in [0.3, 0.4) is 0 Å². The molecule has 2 N–H and O–H groups in total. The topological polar surface area (TPSA) is 49.6 Å². The van der Waals surface area contributed by atoms with Crippen LogP contribution in [0.4, 0.5) is 18.9 Å². The van der Waals surface area contributed by atoms with Gasteiger partial charge in [-0.3, -0.25) is 4.90 Å². The largest absolute Gasteiger partial charge is 0.405 e. The molecule has 1 unspecified atom stereocenters. The maximum Gasteiger partial charge on any atom is 0.405 e. The number of alkyl halides is 3. The number of halogens is 3. The highest BCUT2D eigenvalue weighted by Gasteiger charge is 2.46. The van der Waals surface area contributed by atoms with E-state index in [1.165, 1.54) is 4.90 Å². The van der Waals surface area contributed by atoms with Crippen molar-refractivity contribution in [2.24, 2.45) is 5.73 Å². The van der Waals surface area contributed by atoms with E-state index in [2.05, 4.69) is 0 Å². The summed E-state index contributed by atoms with van der Waals surface area (Å²) >= 11 is 0. The fourth-order valence-corrected chi connectivity index (χ4v) is 2.52. The molecule has 2 rings (SSSR count). The van der Waals surface area contributed by atoms with Gasteiger partial charge in [-0.25, -0.2) is 0 Å². The summed E-state index contributed by atoms with van der Waals surface area (Å²) in [5.74, 6) is 0. The lowest BCUT2D eigenvalue weighted by Crippen LogP contribution is -2.59. The molecule has 0 bridgehead atoms. The van der Waals surface area contributed by atoms with Crippen molar-refractivity contribution in [1.29, 1.82) is 0 Å². The molecule has 1 heterocycles. The van der Waals surface area contributed by atoms with Crippen LogP contribution in [0.25, 0.3) is 0 Å². The third kappa shape index (κ3) is 3.74. The van der Waals surface area contributed by atoms with E-state index in [-0.39, 0.29) is 19.6 Å². The summed E-state index contributed by atoms with van der Waals surface area (Å²) in [4.78, 5) is 13.4. The molecule has 1 saturated heterocycles. The summed E-state index contributed by atoms with van der Waals surface area (Å²) in [5, 5.41) is 0. The van der Waals surface area contributed by atoms with Crippen molar-refractivity contribution in [3.63, 3.8) is 0 Å². The molecule has 0 radical (unpaired) electrons. The summed E-state index contributed by atoms with van der Waals surface area (Å²) in [5.41, 5.74) is 7.19. The van der Waals surface area contributed by atoms with Gasteiger partial charge in [0.05, 0.1) is 6.54 Å². The van der Waals surface area contributed by atoms with Crippen LogP contribution < -0.4 is 10.6 Å². The van der Waals surface area contributed by atoms with Gasteiger partial charge in [-0.1, -0.05) is 12.1 Å². The molecule has 7 heteroatoms. The number of benzene rings is 1. The van der Waals surface area contributed by atoms with Crippen LogP contribution in [0.2, 0.25) is 0 Å². The van der Waals surface area contributed by atoms with E-state index in [4.69, 9.17) is 5.73 Å². The molecule has 1 aliphatic heterocycles. The summed E-state index contributed by atoms with van der Waals surface area (Å²) < 4.78 is 39.4. The predicted octanol–water partition coefficient (Wildman–Crippen LogP) is 1.40. The van der Waals surface area contributed by atoms with Crippen LogP contribution in [0.15, 0.2) is 24.3 Å². The maximum absolute atomic E-state index is 13.1. The van der Waals surface area contributed by atoms with Crippen molar-refractivity contribution < 1.29 is 18.0 Å². The van der Waals surface area contributed by atoms with Gasteiger partial charge in [0, 0.05) is 31.9 Å². The molecular weight excluding hydrogens is 283 g/mol. The number of nitrogens with zero attached hydrogens (tertiary/aromatic N) is 2. The molecule has 0 aromatic heterocycles. The number of carbonyl (C=O) groups is 1. The third-order valence-corrected chi connectivity index (χ3v) is 3.72. The summed E-state index contributed by atoms with van der Waals surface area (Å²) in [7, 11) is 0. The second kappa shape index (κ2) is 6.44. The number of rotatable bonds is 4. The molecule has 116 valence electrons. The Labute approximate surface area is 121 Å². The van der Waals surface area contributed by atoms with Crippen molar-refractivity contribution in [2.45, 2.75) is 18.8 Å². The van der Waals surface area contributed by atoms with E-state index < -0.39 is 12.2 Å². The van der Waals surface area contributed by atoms with Gasteiger partial charge in [-0.2, -0.15) is 13.2 Å². The smallest absolute Gasteiger partial charge is 0.368 e. The van der Waals surface area contributed by atoms with Crippen molar-refractivity contribution in [3.8, 4) is 0 Å². The number of carbonyl (C=O) groups excluding carboxylic acids is 1. The Morgan fingerprint density at radius 1 is 1.24 bits per heavy atom. The first kappa shape index (κ1) is 15.8. The normalized spacial score (nSPS) is 20.6. The lowest BCUT2D eigenvalue weighted by atomic mass is 10.1. The van der Waals surface area contributed by atoms with Crippen LogP contribution >= 0.6 is 0 Å². The zero-order chi connectivity index (χ0) is 15.5. The standard InChI is InChI=1S/C14H18F3N3O/c15-14(16,17)13-10-20(6-5-19(13)7-8-21)12-3-1-11(9-18)2-4-12/h1-4,8,13H,5-7,9-10,18H2. The van der Waals surface area contributed by atoms with Gasteiger partial charge < -0.3 is 15.4 Å². The van der Waals surface area contributed by atoms with Crippen molar-refractivity contribution >= 4 is 12.0 Å². The molecule has 0 amide bonds. The highest BCUT2D eigenvalue weighted by atomic mass is 19.4. The van der Waals surface area contributed by atoms with E-state index in [0.29, 0.717) is 19.4 Å². The first-order valence-electron chi connectivity index (χ1n) is 6.74. The lowest BCUT2D eigenvalue weighted by Gasteiger charge is -2.42. The minimum atomic E-state index is -4.35. The highest BCUT2D eigenvalue weighted by molar-refractivity contribution is 5.53. The van der Waals surface area contributed by atoms with Crippen LogP contribution in [-0.2, 0) is 11.3 Å². The third-order valence-electron chi connectivity index (χ3n) is 3.72. The molecule has 1 aliphatic rings. The zero-order valence-electron chi connectivity index (χ0n) is 11.5. The van der Waals surface area contributed by atoms with Gasteiger partial charge >= 0.3 is 6.18 Å². The fraction of sp³-hybridized carbons (Fsp3) is 0.500. The zero-order valence-corrected chi connectivity index (χ0v) is 11.5. The second-order valence-electron chi connectivity index (χ2n) is 5.04. The van der Waals surface area contributed by atoms with E-state index in [9.17, 15) is 18.0 Å². The number of nitrogens with two attached hydrogens (primary N) is 1. The average molecular weight is 301 g/mol. The van der Waals surface area contributed by atoms with E-state index in [1.54, 1.807) is 17.0 Å². The minimum Gasteiger partial charge on any atom is -0.368 e. The first-order chi connectivity index (χ1) is 9.95. The quantitative estimate of drug-likeness (QED) is 0.854. The van der Waals surface area contributed by atoms with Gasteiger partial charge in [0.25, 0.3) is 0 Å². The molecule has 21 heavy (non-hydrogen) atoms. The number of hydrogen-bond acceptors (Lipinski definition) is 4. The van der Waals surface area contributed by atoms with Gasteiger partial charge in [0.1, 0.15) is 12.3 Å². The average Bonchev–Trinajstić information content (AvgIpc) is 2.47. The molecule has 1 aromatic rings. The van der Waals surface area contributed by atoms with Crippen LogP contribution in [0.5, 0.6) is 0 Å². The lowest BCUT2D eigenvalue weighted by molar-refractivity contribution is -0.184. The summed E-state index contributed by atoms with van der Waals surface area (Å²) in [6.45, 7) is 0.714. The summed E-state index contributed by atoms with van der Waals surface area (Å²) in [6, 6.07) is 5.58. The maximum atomic E-state index is 13.1. The number of aldehydes is 1.